The molecule has 0 aliphatic carbocycles. The lowest BCUT2D eigenvalue weighted by molar-refractivity contribution is -0.384. The van der Waals surface area contributed by atoms with Crippen LogP contribution in [0, 0.1) is 10.1 Å². The summed E-state index contributed by atoms with van der Waals surface area (Å²) in [5, 5.41) is 11.0. The van der Waals surface area contributed by atoms with Crippen LogP contribution in [0.2, 0.25) is 5.02 Å². The first kappa shape index (κ1) is 15.9. The number of carbonyl (C=O) groups excluding carboxylic acids is 2. The molecule has 20 heavy (non-hydrogen) atoms. The number of rotatable bonds is 7. The first-order valence-corrected chi connectivity index (χ1v) is 5.89. The number of halogens is 1. The lowest BCUT2D eigenvalue weighted by Gasteiger charge is -2.19. The van der Waals surface area contributed by atoms with E-state index in [1.54, 1.807) is 0 Å². The van der Waals surface area contributed by atoms with Crippen molar-refractivity contribution in [3.8, 4) is 0 Å². The Balaban J connectivity index is 2.96. The van der Waals surface area contributed by atoms with Gasteiger partial charge < -0.3 is 11.5 Å². The standard InChI is InChI=1S/C11H13ClN4O4/c12-9-2-1-8(16(19)20)3-7(9)4-15(5-10(13)17)6-11(14)18/h1-3H,4-6H2,(H2,13,17)(H2,14,18). The van der Waals surface area contributed by atoms with Crippen LogP contribution in [0.1, 0.15) is 5.56 Å². The van der Waals surface area contributed by atoms with Crippen LogP contribution >= 0.6 is 11.6 Å². The topological polar surface area (TPSA) is 133 Å². The Labute approximate surface area is 119 Å². The number of hydrogen-bond donors (Lipinski definition) is 2. The summed E-state index contributed by atoms with van der Waals surface area (Å²) in [4.78, 5) is 33.4. The second-order valence-corrected chi connectivity index (χ2v) is 4.52. The summed E-state index contributed by atoms with van der Waals surface area (Å²) in [5.41, 5.74) is 10.4. The van der Waals surface area contributed by atoms with Crippen LogP contribution in [-0.4, -0.2) is 34.7 Å². The number of nitrogens with zero attached hydrogens (tertiary/aromatic N) is 2. The van der Waals surface area contributed by atoms with E-state index < -0.39 is 16.7 Å². The fraction of sp³-hybridized carbons (Fsp3) is 0.273. The van der Waals surface area contributed by atoms with Crippen LogP contribution in [-0.2, 0) is 16.1 Å². The van der Waals surface area contributed by atoms with E-state index in [0.29, 0.717) is 5.56 Å². The number of nitrogens with two attached hydrogens (primary N) is 2. The number of nitro groups is 1. The van der Waals surface area contributed by atoms with E-state index in [9.17, 15) is 19.7 Å². The van der Waals surface area contributed by atoms with Gasteiger partial charge >= 0.3 is 0 Å². The SMILES string of the molecule is NC(=O)CN(CC(N)=O)Cc1cc([N+](=O)[O-])ccc1Cl. The molecule has 0 radical (unpaired) electrons. The van der Waals surface area contributed by atoms with Gasteiger partial charge in [-0.1, -0.05) is 11.6 Å². The summed E-state index contributed by atoms with van der Waals surface area (Å²) < 4.78 is 0. The van der Waals surface area contributed by atoms with Crippen molar-refractivity contribution in [1.29, 1.82) is 0 Å². The molecule has 0 heterocycles. The summed E-state index contributed by atoms with van der Waals surface area (Å²) in [6, 6.07) is 3.91. The van der Waals surface area contributed by atoms with Gasteiger partial charge in [-0.2, -0.15) is 0 Å². The predicted octanol–water partition coefficient (Wildman–Crippen LogP) is 0.0208. The fourth-order valence-corrected chi connectivity index (χ4v) is 1.82. The molecule has 8 nitrogen and oxygen atoms in total. The molecule has 0 saturated heterocycles. The molecular formula is C11H13ClN4O4. The minimum atomic E-state index is -0.646. The molecule has 0 bridgehead atoms. The average molecular weight is 301 g/mol. The van der Waals surface area contributed by atoms with Crippen molar-refractivity contribution in [3.63, 3.8) is 0 Å². The Kier molecular flexibility index (Phi) is 5.42. The van der Waals surface area contributed by atoms with E-state index in [1.165, 1.54) is 23.1 Å². The molecule has 4 N–H and O–H groups in total. The Morgan fingerprint density at radius 3 is 2.25 bits per heavy atom. The van der Waals surface area contributed by atoms with Crippen LogP contribution in [0.4, 0.5) is 5.69 Å². The third-order valence-electron chi connectivity index (χ3n) is 2.39. The highest BCUT2D eigenvalue weighted by molar-refractivity contribution is 6.31. The highest BCUT2D eigenvalue weighted by Gasteiger charge is 2.16. The molecule has 0 aliphatic rings. The van der Waals surface area contributed by atoms with Crippen molar-refractivity contribution >= 4 is 29.1 Å². The third kappa shape index (κ3) is 4.82. The second kappa shape index (κ2) is 6.83. The summed E-state index contributed by atoms with van der Waals surface area (Å²) in [6.07, 6.45) is 0. The number of carbonyl (C=O) groups is 2. The van der Waals surface area contributed by atoms with Gasteiger partial charge in [0.1, 0.15) is 0 Å². The zero-order valence-corrected chi connectivity index (χ0v) is 11.2. The van der Waals surface area contributed by atoms with Crippen LogP contribution in [0.3, 0.4) is 0 Å². The third-order valence-corrected chi connectivity index (χ3v) is 2.76. The maximum atomic E-state index is 10.9. The van der Waals surface area contributed by atoms with Crippen molar-refractivity contribution in [1.82, 2.24) is 4.90 Å². The van der Waals surface area contributed by atoms with Gasteiger partial charge in [0, 0.05) is 23.7 Å². The minimum absolute atomic E-state index is 0.0480. The van der Waals surface area contributed by atoms with E-state index in [2.05, 4.69) is 0 Å². The number of primary amides is 2. The zero-order valence-electron chi connectivity index (χ0n) is 10.4. The Morgan fingerprint density at radius 2 is 1.80 bits per heavy atom. The predicted molar refractivity (Wildman–Crippen MR) is 71.8 cm³/mol. The van der Waals surface area contributed by atoms with E-state index in [-0.39, 0.29) is 30.3 Å². The fourth-order valence-electron chi connectivity index (χ4n) is 1.65. The molecule has 1 aromatic rings. The molecule has 9 heteroatoms. The van der Waals surface area contributed by atoms with Crippen molar-refractivity contribution in [2.75, 3.05) is 13.1 Å². The average Bonchev–Trinajstić information content (AvgIpc) is 2.29. The smallest absolute Gasteiger partial charge is 0.269 e. The van der Waals surface area contributed by atoms with Gasteiger partial charge in [0.15, 0.2) is 0 Å². The minimum Gasteiger partial charge on any atom is -0.369 e. The Morgan fingerprint density at radius 1 is 1.25 bits per heavy atom. The van der Waals surface area contributed by atoms with E-state index in [1.807, 2.05) is 0 Å². The molecule has 0 fully saturated rings. The first-order valence-electron chi connectivity index (χ1n) is 5.51. The molecule has 0 aliphatic heterocycles. The molecule has 0 spiro atoms. The van der Waals surface area contributed by atoms with Crippen LogP contribution in [0.15, 0.2) is 18.2 Å². The number of non-ortho nitro benzene ring substituents is 1. The molecular weight excluding hydrogens is 288 g/mol. The van der Waals surface area contributed by atoms with Gasteiger partial charge in [0.25, 0.3) is 5.69 Å². The Hall–Kier alpha value is -2.19. The highest BCUT2D eigenvalue weighted by atomic mass is 35.5. The summed E-state index contributed by atoms with van der Waals surface area (Å²) in [6.45, 7) is -0.365. The highest BCUT2D eigenvalue weighted by Crippen LogP contribution is 2.23. The molecule has 0 aromatic heterocycles. The van der Waals surface area contributed by atoms with Gasteiger partial charge in [0.05, 0.1) is 18.0 Å². The lowest BCUT2D eigenvalue weighted by atomic mass is 10.2. The summed E-state index contributed by atoms with van der Waals surface area (Å²) in [5.74, 6) is -1.29. The van der Waals surface area contributed by atoms with Crippen molar-refractivity contribution in [2.45, 2.75) is 6.54 Å². The Bertz CT molecular complexity index is 533. The lowest BCUT2D eigenvalue weighted by Crippen LogP contribution is -2.39. The zero-order chi connectivity index (χ0) is 15.3. The van der Waals surface area contributed by atoms with Gasteiger partial charge in [0.2, 0.25) is 11.8 Å². The van der Waals surface area contributed by atoms with Gasteiger partial charge in [-0.25, -0.2) is 0 Å². The van der Waals surface area contributed by atoms with Gasteiger partial charge in [-0.15, -0.1) is 0 Å². The second-order valence-electron chi connectivity index (χ2n) is 4.11. The number of hydrogen-bond acceptors (Lipinski definition) is 5. The summed E-state index contributed by atoms with van der Waals surface area (Å²) >= 11 is 5.94. The number of amides is 2. The molecule has 2 amide bonds. The maximum absolute atomic E-state index is 10.9. The molecule has 1 aromatic carbocycles. The molecule has 1 rings (SSSR count). The van der Waals surface area contributed by atoms with Gasteiger partial charge in [-0.3, -0.25) is 24.6 Å². The first-order chi connectivity index (χ1) is 9.29. The van der Waals surface area contributed by atoms with Crippen molar-refractivity contribution in [2.24, 2.45) is 11.5 Å². The molecule has 0 saturated carbocycles. The van der Waals surface area contributed by atoms with Gasteiger partial charge in [-0.05, 0) is 11.6 Å². The number of benzene rings is 1. The van der Waals surface area contributed by atoms with Crippen LogP contribution < -0.4 is 11.5 Å². The maximum Gasteiger partial charge on any atom is 0.269 e. The van der Waals surface area contributed by atoms with E-state index >= 15 is 0 Å². The van der Waals surface area contributed by atoms with E-state index in [4.69, 9.17) is 23.1 Å². The van der Waals surface area contributed by atoms with E-state index in [0.717, 1.165) is 0 Å². The molecule has 108 valence electrons. The monoisotopic (exact) mass is 300 g/mol. The molecule has 0 unspecified atom stereocenters. The van der Waals surface area contributed by atoms with Crippen LogP contribution in [0.25, 0.3) is 0 Å². The quantitative estimate of drug-likeness (QED) is 0.541. The van der Waals surface area contributed by atoms with Crippen molar-refractivity contribution < 1.29 is 14.5 Å². The van der Waals surface area contributed by atoms with Crippen LogP contribution in [0.5, 0.6) is 0 Å². The summed E-state index contributed by atoms with van der Waals surface area (Å²) in [7, 11) is 0. The van der Waals surface area contributed by atoms with Crippen molar-refractivity contribution in [3.05, 3.63) is 38.9 Å². The largest absolute Gasteiger partial charge is 0.369 e. The normalized spacial score (nSPS) is 10.5. The number of nitro benzene ring substituents is 1. The molecule has 0 atom stereocenters.